The van der Waals surface area contributed by atoms with Crippen LogP contribution in [0.3, 0.4) is 0 Å². The van der Waals surface area contributed by atoms with Crippen molar-refractivity contribution in [1.82, 2.24) is 10.1 Å². The third-order valence-corrected chi connectivity index (χ3v) is 4.12. The van der Waals surface area contributed by atoms with Gasteiger partial charge in [-0.3, -0.25) is 9.59 Å². The molecule has 2 aromatic rings. The van der Waals surface area contributed by atoms with Gasteiger partial charge in [-0.15, -0.1) is 0 Å². The molecule has 0 bridgehead atoms. The lowest BCUT2D eigenvalue weighted by Crippen LogP contribution is -2.38. The highest BCUT2D eigenvalue weighted by atomic mass is 16.5. The number of amides is 2. The summed E-state index contributed by atoms with van der Waals surface area (Å²) in [6.07, 6.45) is 4.07. The van der Waals surface area contributed by atoms with Crippen LogP contribution in [0.1, 0.15) is 48.7 Å². The quantitative estimate of drug-likeness (QED) is 0.643. The highest BCUT2D eigenvalue weighted by Crippen LogP contribution is 2.15. The van der Waals surface area contributed by atoms with Crippen molar-refractivity contribution in [2.24, 2.45) is 0 Å². The zero-order valence-corrected chi connectivity index (χ0v) is 16.2. The van der Waals surface area contributed by atoms with Gasteiger partial charge >= 0.3 is 0 Å². The minimum atomic E-state index is -0.310. The molecule has 0 atom stereocenters. The smallest absolute Gasteiger partial charge is 0.254 e. The Kier molecular flexibility index (Phi) is 7.85. The van der Waals surface area contributed by atoms with E-state index in [1.165, 1.54) is 0 Å². The number of hydrogen-bond acceptors (Lipinski definition) is 5. The molecule has 0 aliphatic carbocycles. The molecule has 0 fully saturated rings. The first-order valence-electron chi connectivity index (χ1n) is 9.20. The van der Waals surface area contributed by atoms with Crippen molar-refractivity contribution < 1.29 is 18.8 Å². The Balaban J connectivity index is 2.06. The Bertz CT molecular complexity index is 757. The molecule has 1 heterocycles. The molecule has 0 aliphatic rings. The molecule has 0 saturated carbocycles. The van der Waals surface area contributed by atoms with Crippen molar-refractivity contribution in [3.63, 3.8) is 0 Å². The summed E-state index contributed by atoms with van der Waals surface area (Å²) < 4.78 is 10.1. The Morgan fingerprint density at radius 3 is 2.70 bits per heavy atom. The second-order valence-electron chi connectivity index (χ2n) is 6.39. The number of benzene rings is 1. The summed E-state index contributed by atoms with van der Waals surface area (Å²) in [5, 5.41) is 6.41. The first kappa shape index (κ1) is 20.5. The fourth-order valence-electron chi connectivity index (χ4n) is 2.70. The molecule has 1 aromatic heterocycles. The molecule has 0 aliphatic heterocycles. The Labute approximate surface area is 159 Å². The summed E-state index contributed by atoms with van der Waals surface area (Å²) in [7, 11) is 1.56. The van der Waals surface area contributed by atoms with Crippen LogP contribution in [0.15, 0.2) is 34.9 Å². The summed E-state index contributed by atoms with van der Waals surface area (Å²) in [5.41, 5.74) is 0.495. The molecule has 2 amide bonds. The van der Waals surface area contributed by atoms with E-state index in [1.807, 2.05) is 0 Å². The molecule has 1 aromatic carbocycles. The first-order chi connectivity index (χ1) is 13.0. The van der Waals surface area contributed by atoms with E-state index in [1.54, 1.807) is 49.3 Å². The summed E-state index contributed by atoms with van der Waals surface area (Å²) in [6.45, 7) is 4.34. The molecule has 0 spiro atoms. The van der Waals surface area contributed by atoms with E-state index in [0.717, 1.165) is 25.7 Å². The maximum Gasteiger partial charge on any atom is 0.254 e. The van der Waals surface area contributed by atoms with Gasteiger partial charge in [0.25, 0.3) is 5.91 Å². The second-order valence-corrected chi connectivity index (χ2v) is 6.39. The molecule has 0 unspecified atom stereocenters. The van der Waals surface area contributed by atoms with Crippen molar-refractivity contribution >= 4 is 17.6 Å². The van der Waals surface area contributed by atoms with Gasteiger partial charge in [-0.25, -0.2) is 0 Å². The molecular formula is C20H27N3O4. The van der Waals surface area contributed by atoms with Crippen molar-refractivity contribution in [2.75, 3.05) is 25.5 Å². The van der Waals surface area contributed by atoms with Crippen LogP contribution in [0, 0.1) is 6.92 Å². The van der Waals surface area contributed by atoms with Crippen LogP contribution >= 0.6 is 0 Å². The number of anilines is 1. The third-order valence-electron chi connectivity index (χ3n) is 4.12. The minimum Gasteiger partial charge on any atom is -0.497 e. The predicted molar refractivity (Wildman–Crippen MR) is 103 cm³/mol. The molecule has 0 saturated heterocycles. The Morgan fingerprint density at radius 1 is 1.22 bits per heavy atom. The number of methoxy groups -OCH3 is 1. The van der Waals surface area contributed by atoms with Gasteiger partial charge in [-0.05, 0) is 31.5 Å². The number of aryl methyl sites for hydroxylation is 1. The van der Waals surface area contributed by atoms with Crippen LogP contribution in [-0.4, -0.2) is 42.1 Å². The fraction of sp³-hybridized carbons (Fsp3) is 0.450. The zero-order valence-electron chi connectivity index (χ0n) is 16.2. The zero-order chi connectivity index (χ0) is 19.6. The van der Waals surface area contributed by atoms with E-state index >= 15 is 0 Å². The lowest BCUT2D eigenvalue weighted by molar-refractivity contribution is -0.117. The molecule has 2 rings (SSSR count). The highest BCUT2D eigenvalue weighted by molar-refractivity contribution is 5.99. The summed E-state index contributed by atoms with van der Waals surface area (Å²) in [4.78, 5) is 26.9. The number of carbonyl (C=O) groups is 2. The normalized spacial score (nSPS) is 10.5. The molecule has 27 heavy (non-hydrogen) atoms. The van der Waals surface area contributed by atoms with Gasteiger partial charge in [-0.2, -0.15) is 0 Å². The summed E-state index contributed by atoms with van der Waals surface area (Å²) in [5.74, 6) is 1.05. The van der Waals surface area contributed by atoms with Gasteiger partial charge in [0.15, 0.2) is 5.82 Å². The van der Waals surface area contributed by atoms with Crippen LogP contribution in [-0.2, 0) is 4.79 Å². The van der Waals surface area contributed by atoms with Crippen LogP contribution in [0.2, 0.25) is 0 Å². The van der Waals surface area contributed by atoms with Gasteiger partial charge in [-0.1, -0.05) is 37.4 Å². The third kappa shape index (κ3) is 6.44. The lowest BCUT2D eigenvalue weighted by atomic mass is 10.1. The van der Waals surface area contributed by atoms with E-state index in [0.29, 0.717) is 29.4 Å². The van der Waals surface area contributed by atoms with Crippen LogP contribution < -0.4 is 10.1 Å². The molecule has 1 N–H and O–H groups in total. The fourth-order valence-corrected chi connectivity index (χ4v) is 2.70. The SMILES string of the molecule is CCCCCCN(CC(=O)Nc1cc(C)on1)C(=O)c1cccc(OC)c1. The van der Waals surface area contributed by atoms with Crippen molar-refractivity contribution in [1.29, 1.82) is 0 Å². The van der Waals surface area contributed by atoms with Gasteiger partial charge < -0.3 is 19.5 Å². The van der Waals surface area contributed by atoms with Gasteiger partial charge in [0.1, 0.15) is 18.1 Å². The Morgan fingerprint density at radius 2 is 2.04 bits per heavy atom. The van der Waals surface area contributed by atoms with E-state index in [9.17, 15) is 9.59 Å². The van der Waals surface area contributed by atoms with E-state index in [2.05, 4.69) is 17.4 Å². The van der Waals surface area contributed by atoms with Crippen molar-refractivity contribution in [2.45, 2.75) is 39.5 Å². The summed E-state index contributed by atoms with van der Waals surface area (Å²) >= 11 is 0. The monoisotopic (exact) mass is 373 g/mol. The van der Waals surface area contributed by atoms with Gasteiger partial charge in [0, 0.05) is 18.2 Å². The number of hydrogen-bond donors (Lipinski definition) is 1. The highest BCUT2D eigenvalue weighted by Gasteiger charge is 2.20. The number of nitrogens with zero attached hydrogens (tertiary/aromatic N) is 2. The molecule has 7 nitrogen and oxygen atoms in total. The number of unbranched alkanes of at least 4 members (excludes halogenated alkanes) is 3. The second kappa shape index (κ2) is 10.4. The van der Waals surface area contributed by atoms with E-state index in [4.69, 9.17) is 9.26 Å². The van der Waals surface area contributed by atoms with Crippen LogP contribution in [0.4, 0.5) is 5.82 Å². The standard InChI is InChI=1S/C20H27N3O4/c1-4-5-6-7-11-23(14-19(24)21-18-12-15(2)27-22-18)20(25)16-9-8-10-17(13-16)26-3/h8-10,12-13H,4-7,11,14H2,1-3H3,(H,21,22,24). The van der Waals surface area contributed by atoms with Crippen LogP contribution in [0.5, 0.6) is 5.75 Å². The number of ether oxygens (including phenoxy) is 1. The number of nitrogens with one attached hydrogen (secondary N) is 1. The maximum absolute atomic E-state index is 12.9. The van der Waals surface area contributed by atoms with Crippen molar-refractivity contribution in [3.8, 4) is 5.75 Å². The number of rotatable bonds is 10. The van der Waals surface area contributed by atoms with Gasteiger partial charge in [0.05, 0.1) is 7.11 Å². The molecule has 146 valence electrons. The molecule has 7 heteroatoms. The Hall–Kier alpha value is -2.83. The topological polar surface area (TPSA) is 84.7 Å². The molecular weight excluding hydrogens is 346 g/mol. The number of carbonyl (C=O) groups excluding carboxylic acids is 2. The van der Waals surface area contributed by atoms with Gasteiger partial charge in [0.2, 0.25) is 5.91 Å². The largest absolute Gasteiger partial charge is 0.497 e. The predicted octanol–water partition coefficient (Wildman–Crippen LogP) is 3.65. The minimum absolute atomic E-state index is 0.0475. The average molecular weight is 373 g/mol. The first-order valence-corrected chi connectivity index (χ1v) is 9.20. The van der Waals surface area contributed by atoms with E-state index < -0.39 is 0 Å². The lowest BCUT2D eigenvalue weighted by Gasteiger charge is -2.22. The number of aromatic nitrogens is 1. The van der Waals surface area contributed by atoms with Crippen molar-refractivity contribution in [3.05, 3.63) is 41.7 Å². The summed E-state index contributed by atoms with van der Waals surface area (Å²) in [6, 6.07) is 8.58. The molecule has 0 radical (unpaired) electrons. The maximum atomic E-state index is 12.9. The average Bonchev–Trinajstić information content (AvgIpc) is 3.08. The van der Waals surface area contributed by atoms with E-state index in [-0.39, 0.29) is 18.4 Å². The van der Waals surface area contributed by atoms with Crippen LogP contribution in [0.25, 0.3) is 0 Å².